The van der Waals surface area contributed by atoms with Crippen molar-refractivity contribution in [3.8, 4) is 17.2 Å². The highest BCUT2D eigenvalue weighted by Crippen LogP contribution is 2.45. The molecule has 8 nitrogen and oxygen atoms in total. The lowest BCUT2D eigenvalue weighted by Crippen LogP contribution is -2.29. The Morgan fingerprint density at radius 2 is 1.75 bits per heavy atom. The van der Waals surface area contributed by atoms with Crippen LogP contribution in [0.3, 0.4) is 0 Å². The number of hydrogen-bond acceptors (Lipinski definition) is 8. The van der Waals surface area contributed by atoms with Crippen LogP contribution in [-0.4, -0.2) is 42.1 Å². The molecule has 5 rings (SSSR count). The summed E-state index contributed by atoms with van der Waals surface area (Å²) in [6.07, 6.45) is 1.89. The van der Waals surface area contributed by atoms with Gasteiger partial charge in [0, 0.05) is 5.56 Å². The fraction of sp³-hybridized carbons (Fsp3) is 0.258. The maximum Gasteiger partial charge on any atom is 0.301 e. The molecule has 1 N–H and O–H groups in total. The van der Waals surface area contributed by atoms with E-state index in [1.807, 2.05) is 37.3 Å². The van der Waals surface area contributed by atoms with Crippen LogP contribution in [0, 0.1) is 0 Å². The normalized spacial score (nSPS) is 16.5. The van der Waals surface area contributed by atoms with E-state index < -0.39 is 17.7 Å². The van der Waals surface area contributed by atoms with E-state index in [0.717, 1.165) is 17.5 Å². The maximum atomic E-state index is 13.6. The SMILES string of the molecule is CCCCOc1cccc(C2/C(=C(\O)c3ccc(OCC)cc3)C(=O)C(=O)N2c2nc3ccc(OC)cc3s2)c1. The molecule has 2 heterocycles. The Morgan fingerprint density at radius 1 is 0.975 bits per heavy atom. The third-order valence-electron chi connectivity index (χ3n) is 6.61. The number of fused-ring (bicyclic) bond motifs is 1. The lowest BCUT2D eigenvalue weighted by molar-refractivity contribution is -0.132. The summed E-state index contributed by atoms with van der Waals surface area (Å²) < 4.78 is 17.6. The number of anilines is 1. The third kappa shape index (κ3) is 5.24. The molecule has 0 radical (unpaired) electrons. The van der Waals surface area contributed by atoms with Gasteiger partial charge in [0.1, 0.15) is 23.0 Å². The monoisotopic (exact) mass is 558 g/mol. The van der Waals surface area contributed by atoms with Gasteiger partial charge in [-0.2, -0.15) is 0 Å². The molecule has 40 heavy (non-hydrogen) atoms. The first kappa shape index (κ1) is 27.2. The van der Waals surface area contributed by atoms with Crippen LogP contribution in [0.15, 0.2) is 72.3 Å². The Morgan fingerprint density at radius 3 is 2.48 bits per heavy atom. The van der Waals surface area contributed by atoms with Gasteiger partial charge in [-0.1, -0.05) is 36.8 Å². The minimum atomic E-state index is -0.913. The van der Waals surface area contributed by atoms with E-state index in [1.54, 1.807) is 43.5 Å². The molecule has 0 saturated carbocycles. The zero-order valence-corrected chi connectivity index (χ0v) is 23.4. The number of unbranched alkanes of at least 4 members (excludes halogenated alkanes) is 1. The number of amides is 1. The van der Waals surface area contributed by atoms with Crippen molar-refractivity contribution in [3.05, 3.63) is 83.4 Å². The Kier molecular flexibility index (Phi) is 8.02. The van der Waals surface area contributed by atoms with Crippen LogP contribution in [0.5, 0.6) is 17.2 Å². The highest BCUT2D eigenvalue weighted by molar-refractivity contribution is 7.22. The Labute approximate surface area is 236 Å². The van der Waals surface area contributed by atoms with Gasteiger partial charge in [0.05, 0.1) is 42.2 Å². The Balaban J connectivity index is 1.65. The summed E-state index contributed by atoms with van der Waals surface area (Å²) in [5, 5.41) is 11.8. The Hall–Kier alpha value is -4.37. The third-order valence-corrected chi connectivity index (χ3v) is 7.63. The molecule has 3 aromatic carbocycles. The number of ketones is 1. The minimum Gasteiger partial charge on any atom is -0.507 e. The molecule has 206 valence electrons. The number of aliphatic hydroxyl groups is 1. The second-order valence-electron chi connectivity index (χ2n) is 9.23. The van der Waals surface area contributed by atoms with Crippen LogP contribution >= 0.6 is 11.3 Å². The minimum absolute atomic E-state index is 0.0169. The number of thiazole rings is 1. The van der Waals surface area contributed by atoms with E-state index in [4.69, 9.17) is 14.2 Å². The molecule has 0 aliphatic carbocycles. The molecule has 1 saturated heterocycles. The van der Waals surface area contributed by atoms with Crippen molar-refractivity contribution in [2.45, 2.75) is 32.7 Å². The van der Waals surface area contributed by atoms with Crippen LogP contribution in [0.1, 0.15) is 43.9 Å². The second kappa shape index (κ2) is 11.8. The molecule has 1 aromatic heterocycles. The number of ether oxygens (including phenoxy) is 3. The number of methoxy groups -OCH3 is 1. The number of rotatable bonds is 10. The van der Waals surface area contributed by atoms with Crippen LogP contribution in [0.4, 0.5) is 5.13 Å². The van der Waals surface area contributed by atoms with Gasteiger partial charge in [-0.25, -0.2) is 4.98 Å². The molecule has 9 heteroatoms. The zero-order valence-electron chi connectivity index (χ0n) is 22.5. The zero-order chi connectivity index (χ0) is 28.2. The van der Waals surface area contributed by atoms with Gasteiger partial charge in [-0.3, -0.25) is 14.5 Å². The quantitative estimate of drug-likeness (QED) is 0.103. The van der Waals surface area contributed by atoms with Gasteiger partial charge in [-0.05, 0) is 73.5 Å². The maximum absolute atomic E-state index is 13.6. The van der Waals surface area contributed by atoms with Crippen molar-refractivity contribution in [2.24, 2.45) is 0 Å². The van der Waals surface area contributed by atoms with Gasteiger partial charge in [0.15, 0.2) is 5.13 Å². The van der Waals surface area contributed by atoms with E-state index in [1.165, 1.54) is 16.2 Å². The van der Waals surface area contributed by atoms with Gasteiger partial charge in [-0.15, -0.1) is 0 Å². The molecule has 4 aromatic rings. The van der Waals surface area contributed by atoms with Crippen LogP contribution < -0.4 is 19.1 Å². The van der Waals surface area contributed by atoms with Gasteiger partial charge in [0.25, 0.3) is 5.78 Å². The molecule has 1 aliphatic heterocycles. The van der Waals surface area contributed by atoms with E-state index in [9.17, 15) is 14.7 Å². The van der Waals surface area contributed by atoms with Gasteiger partial charge in [0.2, 0.25) is 0 Å². The fourth-order valence-corrected chi connectivity index (χ4v) is 5.63. The van der Waals surface area contributed by atoms with Gasteiger partial charge < -0.3 is 19.3 Å². The number of Topliss-reactive ketones (excluding diaryl/α,β-unsaturated/α-hetero) is 1. The molecule has 1 aliphatic rings. The predicted molar refractivity (Wildman–Crippen MR) is 155 cm³/mol. The lowest BCUT2D eigenvalue weighted by atomic mass is 9.95. The second-order valence-corrected chi connectivity index (χ2v) is 10.2. The molecule has 1 atom stereocenters. The Bertz CT molecular complexity index is 1580. The summed E-state index contributed by atoms with van der Waals surface area (Å²) >= 11 is 1.28. The number of carbonyl (C=O) groups is 2. The number of carbonyl (C=O) groups excluding carboxylic acids is 2. The smallest absolute Gasteiger partial charge is 0.301 e. The molecular weight excluding hydrogens is 528 g/mol. The van der Waals surface area contributed by atoms with Crippen molar-refractivity contribution >= 4 is 44.1 Å². The van der Waals surface area contributed by atoms with Crippen LogP contribution in [0.2, 0.25) is 0 Å². The first-order valence-corrected chi connectivity index (χ1v) is 14.0. The first-order valence-electron chi connectivity index (χ1n) is 13.2. The molecular formula is C31H30N2O6S. The molecule has 1 amide bonds. The van der Waals surface area contributed by atoms with E-state index >= 15 is 0 Å². The summed E-state index contributed by atoms with van der Waals surface area (Å²) in [4.78, 5) is 33.2. The number of benzene rings is 3. The van der Waals surface area contributed by atoms with Crippen molar-refractivity contribution in [2.75, 3.05) is 25.2 Å². The van der Waals surface area contributed by atoms with Crippen molar-refractivity contribution in [3.63, 3.8) is 0 Å². The average Bonchev–Trinajstić information content (AvgIpc) is 3.51. The topological polar surface area (TPSA) is 98.2 Å². The number of hydrogen-bond donors (Lipinski definition) is 1. The predicted octanol–water partition coefficient (Wildman–Crippen LogP) is 6.51. The highest BCUT2D eigenvalue weighted by Gasteiger charge is 2.48. The molecule has 0 bridgehead atoms. The number of nitrogens with zero attached hydrogens (tertiary/aromatic N) is 2. The molecule has 0 spiro atoms. The molecule has 1 unspecified atom stereocenters. The summed E-state index contributed by atoms with van der Waals surface area (Å²) in [6, 6.07) is 18.6. The van der Waals surface area contributed by atoms with E-state index in [2.05, 4.69) is 11.9 Å². The lowest BCUT2D eigenvalue weighted by Gasteiger charge is -2.23. The summed E-state index contributed by atoms with van der Waals surface area (Å²) in [5.74, 6) is 0.0959. The molecule has 1 fully saturated rings. The number of aromatic nitrogens is 1. The largest absolute Gasteiger partial charge is 0.507 e. The van der Waals surface area contributed by atoms with E-state index in [0.29, 0.717) is 52.2 Å². The van der Waals surface area contributed by atoms with Crippen molar-refractivity contribution < 1.29 is 28.9 Å². The summed E-state index contributed by atoms with van der Waals surface area (Å²) in [7, 11) is 1.58. The van der Waals surface area contributed by atoms with Crippen molar-refractivity contribution in [1.29, 1.82) is 0 Å². The van der Waals surface area contributed by atoms with Crippen LogP contribution in [0.25, 0.3) is 16.0 Å². The number of aliphatic hydroxyl groups excluding tert-OH is 1. The van der Waals surface area contributed by atoms with E-state index in [-0.39, 0.29) is 11.3 Å². The highest BCUT2D eigenvalue weighted by atomic mass is 32.1. The summed E-state index contributed by atoms with van der Waals surface area (Å²) in [6.45, 7) is 5.02. The first-order chi connectivity index (χ1) is 19.4. The van der Waals surface area contributed by atoms with Crippen LogP contribution in [-0.2, 0) is 9.59 Å². The fourth-order valence-electron chi connectivity index (χ4n) is 4.61. The summed E-state index contributed by atoms with van der Waals surface area (Å²) in [5.41, 5.74) is 1.68. The average molecular weight is 559 g/mol. The van der Waals surface area contributed by atoms with Gasteiger partial charge >= 0.3 is 5.91 Å². The standard InChI is InChI=1S/C31H30N2O6S/c1-4-6-16-39-23-9-7-8-20(17-23)27-26(28(34)19-10-12-21(13-11-19)38-5-2)29(35)30(36)33(27)31-32-24-15-14-22(37-3)18-25(24)40-31/h7-15,17-18,27,34H,4-6,16H2,1-3H3/b28-26+. The van der Waals surface area contributed by atoms with Crippen molar-refractivity contribution in [1.82, 2.24) is 4.98 Å².